The van der Waals surface area contributed by atoms with Gasteiger partial charge in [0.15, 0.2) is 0 Å². The molecule has 5 heteroatoms. The van der Waals surface area contributed by atoms with Crippen molar-refractivity contribution in [3.05, 3.63) is 76.8 Å². The first kappa shape index (κ1) is 17.2. The molecule has 1 N–H and O–H groups in total. The van der Waals surface area contributed by atoms with E-state index < -0.39 is 0 Å². The van der Waals surface area contributed by atoms with Gasteiger partial charge in [-0.25, -0.2) is 0 Å². The van der Waals surface area contributed by atoms with Gasteiger partial charge >= 0.3 is 0 Å². The van der Waals surface area contributed by atoms with Crippen molar-refractivity contribution in [1.82, 2.24) is 10.2 Å². The summed E-state index contributed by atoms with van der Waals surface area (Å²) in [7, 11) is 0. The Morgan fingerprint density at radius 3 is 2.44 bits per heavy atom. The molecule has 1 heterocycles. The summed E-state index contributed by atoms with van der Waals surface area (Å²) in [6, 6.07) is 17.0. The Kier molecular flexibility index (Phi) is 5.51. The highest BCUT2D eigenvalue weighted by molar-refractivity contribution is 6.33. The van der Waals surface area contributed by atoms with Crippen LogP contribution in [0.4, 0.5) is 0 Å². The average molecular weight is 355 g/mol. The maximum absolute atomic E-state index is 12.3. The lowest BCUT2D eigenvalue weighted by molar-refractivity contribution is -0.129. The number of nitrogens with one attached hydrogen (secondary N) is 1. The predicted molar refractivity (Wildman–Crippen MR) is 99.4 cm³/mol. The number of amides is 2. The Labute approximate surface area is 152 Å². The maximum Gasteiger partial charge on any atom is 0.253 e. The molecule has 4 nitrogen and oxygen atoms in total. The molecule has 1 aliphatic rings. The van der Waals surface area contributed by atoms with Gasteiger partial charge in [0.2, 0.25) is 5.91 Å². The van der Waals surface area contributed by atoms with Crippen molar-refractivity contribution < 1.29 is 9.59 Å². The number of rotatable bonds is 4. The van der Waals surface area contributed by atoms with E-state index in [2.05, 4.69) is 23.5 Å². The van der Waals surface area contributed by atoms with Gasteiger partial charge in [-0.05, 0) is 29.7 Å². The van der Waals surface area contributed by atoms with E-state index in [1.807, 2.05) is 18.2 Å². The zero-order valence-electron chi connectivity index (χ0n) is 13.7. The van der Waals surface area contributed by atoms with Crippen molar-refractivity contribution >= 4 is 29.0 Å². The average Bonchev–Trinajstić information content (AvgIpc) is 2.67. The van der Waals surface area contributed by atoms with Gasteiger partial charge < -0.3 is 10.2 Å². The van der Waals surface area contributed by atoms with Crippen molar-refractivity contribution in [3.8, 4) is 0 Å². The fourth-order valence-corrected chi connectivity index (χ4v) is 3.04. The molecule has 0 fully saturated rings. The summed E-state index contributed by atoms with van der Waals surface area (Å²) >= 11 is 5.99. The largest absolute Gasteiger partial charge is 0.343 e. The maximum atomic E-state index is 12.3. The third-order valence-electron chi connectivity index (χ3n) is 4.23. The Bertz CT molecular complexity index is 802. The van der Waals surface area contributed by atoms with Crippen LogP contribution in [0.15, 0.2) is 60.7 Å². The molecule has 25 heavy (non-hydrogen) atoms. The third kappa shape index (κ3) is 4.28. The van der Waals surface area contributed by atoms with E-state index in [0.29, 0.717) is 23.7 Å². The zero-order valence-corrected chi connectivity index (χ0v) is 14.5. The van der Waals surface area contributed by atoms with Crippen LogP contribution in [0.5, 0.6) is 0 Å². The highest BCUT2D eigenvalue weighted by Crippen LogP contribution is 2.22. The van der Waals surface area contributed by atoms with Crippen LogP contribution < -0.4 is 5.32 Å². The standard InChI is InChI=1S/C20H19ClN2O2/c21-18-9-5-4-8-17(18)20(25)22-14-19(24)23-12-10-16(11-13-23)15-6-2-1-3-7-15/h1-10H,11-14H2,(H,22,25). The molecule has 0 aliphatic carbocycles. The molecule has 0 spiro atoms. The van der Waals surface area contributed by atoms with Crippen molar-refractivity contribution in [3.63, 3.8) is 0 Å². The molecule has 0 bridgehead atoms. The van der Waals surface area contributed by atoms with Crippen molar-refractivity contribution in [2.24, 2.45) is 0 Å². The van der Waals surface area contributed by atoms with Gasteiger partial charge in [0.25, 0.3) is 5.91 Å². The van der Waals surface area contributed by atoms with Crippen LogP contribution in [0.1, 0.15) is 22.3 Å². The van der Waals surface area contributed by atoms with E-state index >= 15 is 0 Å². The molecule has 3 rings (SSSR count). The first-order chi connectivity index (χ1) is 12.1. The van der Waals surface area contributed by atoms with Gasteiger partial charge in [0, 0.05) is 13.1 Å². The van der Waals surface area contributed by atoms with Crippen LogP contribution in [-0.4, -0.2) is 36.3 Å². The van der Waals surface area contributed by atoms with Gasteiger partial charge in [-0.2, -0.15) is 0 Å². The van der Waals surface area contributed by atoms with Gasteiger partial charge in [-0.3, -0.25) is 9.59 Å². The summed E-state index contributed by atoms with van der Waals surface area (Å²) in [5.74, 6) is -0.430. The van der Waals surface area contributed by atoms with E-state index in [1.54, 1.807) is 29.2 Å². The van der Waals surface area contributed by atoms with Crippen LogP contribution in [-0.2, 0) is 4.79 Å². The molecule has 128 valence electrons. The highest BCUT2D eigenvalue weighted by Gasteiger charge is 2.19. The van der Waals surface area contributed by atoms with Crippen molar-refractivity contribution in [2.75, 3.05) is 19.6 Å². The fourth-order valence-electron chi connectivity index (χ4n) is 2.82. The smallest absolute Gasteiger partial charge is 0.253 e. The minimum absolute atomic E-state index is 0.0292. The molecule has 0 saturated carbocycles. The van der Waals surface area contributed by atoms with E-state index in [0.717, 1.165) is 6.42 Å². The van der Waals surface area contributed by atoms with Gasteiger partial charge in [0.05, 0.1) is 17.1 Å². The predicted octanol–water partition coefficient (Wildman–Crippen LogP) is 3.39. The minimum atomic E-state index is -0.337. The second-order valence-corrected chi connectivity index (χ2v) is 6.25. The van der Waals surface area contributed by atoms with Gasteiger partial charge in [0.1, 0.15) is 0 Å². The topological polar surface area (TPSA) is 49.4 Å². The van der Waals surface area contributed by atoms with E-state index in [9.17, 15) is 9.59 Å². The van der Waals surface area contributed by atoms with Gasteiger partial charge in [-0.1, -0.05) is 60.1 Å². The monoisotopic (exact) mass is 354 g/mol. The molecule has 2 amide bonds. The Balaban J connectivity index is 1.54. The number of carbonyl (C=O) groups is 2. The third-order valence-corrected chi connectivity index (χ3v) is 4.55. The van der Waals surface area contributed by atoms with Crippen LogP contribution in [0.2, 0.25) is 5.02 Å². The lowest BCUT2D eigenvalue weighted by Gasteiger charge is -2.27. The van der Waals surface area contributed by atoms with E-state index in [-0.39, 0.29) is 18.4 Å². The zero-order chi connectivity index (χ0) is 17.6. The molecule has 0 saturated heterocycles. The molecular weight excluding hydrogens is 336 g/mol. The van der Waals surface area contributed by atoms with Crippen LogP contribution in [0.3, 0.4) is 0 Å². The molecule has 0 aromatic heterocycles. The van der Waals surface area contributed by atoms with Crippen molar-refractivity contribution in [1.29, 1.82) is 0 Å². The second kappa shape index (κ2) is 7.99. The summed E-state index contributed by atoms with van der Waals surface area (Å²) in [6.45, 7) is 1.19. The van der Waals surface area contributed by atoms with Gasteiger partial charge in [-0.15, -0.1) is 0 Å². The number of hydrogen-bond donors (Lipinski definition) is 1. The normalized spacial score (nSPS) is 14.0. The summed E-state index contributed by atoms with van der Waals surface area (Å²) in [5, 5.41) is 3.02. The Morgan fingerprint density at radius 1 is 1.04 bits per heavy atom. The molecule has 0 radical (unpaired) electrons. The number of carbonyl (C=O) groups excluding carboxylic acids is 2. The lowest BCUT2D eigenvalue weighted by Crippen LogP contribution is -2.42. The highest BCUT2D eigenvalue weighted by atomic mass is 35.5. The summed E-state index contributed by atoms with van der Waals surface area (Å²) in [5.41, 5.74) is 2.83. The minimum Gasteiger partial charge on any atom is -0.343 e. The molecule has 1 aliphatic heterocycles. The summed E-state index contributed by atoms with van der Waals surface area (Å²) in [6.07, 6.45) is 2.89. The second-order valence-electron chi connectivity index (χ2n) is 5.85. The first-order valence-electron chi connectivity index (χ1n) is 8.20. The molecular formula is C20H19ClN2O2. The SMILES string of the molecule is O=C(NCC(=O)N1CC=C(c2ccccc2)CC1)c1ccccc1Cl. The summed E-state index contributed by atoms with van der Waals surface area (Å²) in [4.78, 5) is 26.2. The van der Waals surface area contributed by atoms with Crippen LogP contribution in [0.25, 0.3) is 5.57 Å². The number of nitrogens with zero attached hydrogens (tertiary/aromatic N) is 1. The first-order valence-corrected chi connectivity index (χ1v) is 8.58. The van der Waals surface area contributed by atoms with Crippen LogP contribution in [0, 0.1) is 0 Å². The Morgan fingerprint density at radius 2 is 1.76 bits per heavy atom. The number of benzene rings is 2. The number of hydrogen-bond acceptors (Lipinski definition) is 2. The lowest BCUT2D eigenvalue weighted by atomic mass is 9.99. The quantitative estimate of drug-likeness (QED) is 0.915. The molecule has 0 unspecified atom stereocenters. The van der Waals surface area contributed by atoms with E-state index in [1.165, 1.54) is 11.1 Å². The van der Waals surface area contributed by atoms with E-state index in [4.69, 9.17) is 11.6 Å². The molecule has 0 atom stereocenters. The number of halogens is 1. The fraction of sp³-hybridized carbons (Fsp3) is 0.200. The van der Waals surface area contributed by atoms with Crippen molar-refractivity contribution in [2.45, 2.75) is 6.42 Å². The molecule has 2 aromatic carbocycles. The Hall–Kier alpha value is -2.59. The molecule has 2 aromatic rings. The van der Waals surface area contributed by atoms with Crippen LogP contribution >= 0.6 is 11.6 Å². The summed E-state index contributed by atoms with van der Waals surface area (Å²) < 4.78 is 0.